The Balaban J connectivity index is 1.54. The van der Waals surface area contributed by atoms with Crippen molar-refractivity contribution in [3.05, 3.63) is 70.2 Å². The maximum atomic E-state index is 12.4. The number of nitrogens with zero attached hydrogens (tertiary/aromatic N) is 1. The van der Waals surface area contributed by atoms with E-state index in [1.54, 1.807) is 17.0 Å². The number of benzene rings is 2. The minimum absolute atomic E-state index is 0.0353. The zero-order valence-corrected chi connectivity index (χ0v) is 14.9. The molecule has 3 rings (SSSR count). The van der Waals surface area contributed by atoms with Crippen LogP contribution < -0.4 is 5.32 Å². The van der Waals surface area contributed by atoms with E-state index in [0.29, 0.717) is 24.7 Å². The van der Waals surface area contributed by atoms with Crippen LogP contribution in [-0.2, 0) is 22.7 Å². The van der Waals surface area contributed by atoms with Crippen LogP contribution in [0.1, 0.15) is 23.1 Å². The van der Waals surface area contributed by atoms with Gasteiger partial charge in [0.1, 0.15) is 0 Å². The van der Waals surface area contributed by atoms with Gasteiger partial charge in [-0.3, -0.25) is 9.59 Å². The van der Waals surface area contributed by atoms with Crippen LogP contribution in [0.5, 0.6) is 0 Å². The molecule has 5 heteroatoms. The third kappa shape index (κ3) is 4.60. The molecule has 0 aromatic heterocycles. The zero-order valence-electron chi connectivity index (χ0n) is 14.2. The Morgan fingerprint density at radius 1 is 1.20 bits per heavy atom. The summed E-state index contributed by atoms with van der Waals surface area (Å²) in [5.74, 6) is -0.326. The summed E-state index contributed by atoms with van der Waals surface area (Å²) in [6.07, 6.45) is 0.276. The predicted molar refractivity (Wildman–Crippen MR) is 98.0 cm³/mol. The maximum absolute atomic E-state index is 12.4. The lowest BCUT2D eigenvalue weighted by Crippen LogP contribution is -2.32. The minimum atomic E-state index is -0.287. The zero-order chi connectivity index (χ0) is 17.8. The fourth-order valence-electron chi connectivity index (χ4n) is 3.07. The molecule has 0 spiro atoms. The van der Waals surface area contributed by atoms with Crippen molar-refractivity contribution in [1.29, 1.82) is 0 Å². The molecule has 0 radical (unpaired) electrons. The summed E-state index contributed by atoms with van der Waals surface area (Å²) in [5.41, 5.74) is 3.25. The first-order chi connectivity index (χ1) is 12.0. The largest absolute Gasteiger partial charge is 0.352 e. The maximum Gasteiger partial charge on any atom is 0.225 e. The number of rotatable bonds is 5. The van der Waals surface area contributed by atoms with Gasteiger partial charge in [0.25, 0.3) is 0 Å². The second kappa shape index (κ2) is 7.70. The Morgan fingerprint density at radius 2 is 1.96 bits per heavy atom. The van der Waals surface area contributed by atoms with Crippen LogP contribution in [0.3, 0.4) is 0 Å². The van der Waals surface area contributed by atoms with Crippen molar-refractivity contribution in [2.45, 2.75) is 26.4 Å². The average molecular weight is 357 g/mol. The smallest absolute Gasteiger partial charge is 0.225 e. The minimum Gasteiger partial charge on any atom is -0.352 e. The lowest BCUT2D eigenvalue weighted by molar-refractivity contribution is -0.129. The molecule has 1 N–H and O–H groups in total. The second-order valence-corrected chi connectivity index (χ2v) is 6.95. The molecule has 0 aliphatic carbocycles. The van der Waals surface area contributed by atoms with E-state index < -0.39 is 0 Å². The summed E-state index contributed by atoms with van der Waals surface area (Å²) >= 11 is 5.86. The van der Waals surface area contributed by atoms with E-state index >= 15 is 0 Å². The van der Waals surface area contributed by atoms with Gasteiger partial charge in [0.15, 0.2) is 0 Å². The van der Waals surface area contributed by atoms with Crippen LogP contribution in [-0.4, -0.2) is 23.3 Å². The number of hydrogen-bond donors (Lipinski definition) is 1. The molecule has 1 heterocycles. The molecule has 1 saturated heterocycles. The van der Waals surface area contributed by atoms with E-state index in [4.69, 9.17) is 11.6 Å². The number of amides is 2. The summed E-state index contributed by atoms with van der Waals surface area (Å²) in [6, 6.07) is 15.5. The molecule has 1 aliphatic heterocycles. The third-order valence-electron chi connectivity index (χ3n) is 4.42. The van der Waals surface area contributed by atoms with Crippen LogP contribution >= 0.6 is 11.6 Å². The molecule has 0 bridgehead atoms. The molecule has 0 saturated carbocycles. The number of carbonyl (C=O) groups excluding carboxylic acids is 2. The molecular weight excluding hydrogens is 336 g/mol. The third-order valence-corrected chi connectivity index (χ3v) is 4.67. The van der Waals surface area contributed by atoms with Gasteiger partial charge < -0.3 is 10.2 Å². The van der Waals surface area contributed by atoms with Crippen molar-refractivity contribution < 1.29 is 9.59 Å². The van der Waals surface area contributed by atoms with Crippen molar-refractivity contribution in [3.63, 3.8) is 0 Å². The van der Waals surface area contributed by atoms with Crippen LogP contribution in [0.25, 0.3) is 0 Å². The Hall–Kier alpha value is -2.33. The van der Waals surface area contributed by atoms with Crippen LogP contribution in [0.4, 0.5) is 0 Å². The standard InChI is InChI=1S/C20H21ClN2O2/c1-14-3-2-4-16(9-14)12-23-13-17(10-19(23)24)20(25)22-11-15-5-7-18(21)8-6-15/h2-9,17H,10-13H2,1H3,(H,22,25). The topological polar surface area (TPSA) is 49.4 Å². The van der Waals surface area contributed by atoms with Gasteiger partial charge in [-0.15, -0.1) is 0 Å². The number of likely N-dealkylation sites (tertiary alicyclic amines) is 1. The molecule has 4 nitrogen and oxygen atoms in total. The number of hydrogen-bond acceptors (Lipinski definition) is 2. The monoisotopic (exact) mass is 356 g/mol. The summed E-state index contributed by atoms with van der Waals surface area (Å²) in [7, 11) is 0. The van der Waals surface area contributed by atoms with E-state index in [1.807, 2.05) is 37.3 Å². The van der Waals surface area contributed by atoms with Gasteiger partial charge in [-0.1, -0.05) is 53.6 Å². The fraction of sp³-hybridized carbons (Fsp3) is 0.300. The molecule has 130 valence electrons. The number of aryl methyl sites for hydroxylation is 1. The highest BCUT2D eigenvalue weighted by Crippen LogP contribution is 2.21. The van der Waals surface area contributed by atoms with Crippen molar-refractivity contribution in [2.24, 2.45) is 5.92 Å². The summed E-state index contributed by atoms with van der Waals surface area (Å²) in [6.45, 7) is 3.50. The first-order valence-corrected chi connectivity index (χ1v) is 8.74. The van der Waals surface area contributed by atoms with E-state index in [-0.39, 0.29) is 24.2 Å². The van der Waals surface area contributed by atoms with Crippen molar-refractivity contribution in [2.75, 3.05) is 6.54 Å². The number of carbonyl (C=O) groups is 2. The highest BCUT2D eigenvalue weighted by Gasteiger charge is 2.34. The summed E-state index contributed by atoms with van der Waals surface area (Å²) in [4.78, 5) is 26.4. The van der Waals surface area contributed by atoms with Crippen LogP contribution in [0, 0.1) is 12.8 Å². The van der Waals surface area contributed by atoms with Gasteiger partial charge in [-0.25, -0.2) is 0 Å². The van der Waals surface area contributed by atoms with Crippen LogP contribution in [0.15, 0.2) is 48.5 Å². The first kappa shape index (κ1) is 17.5. The van der Waals surface area contributed by atoms with E-state index in [1.165, 1.54) is 5.56 Å². The van der Waals surface area contributed by atoms with Gasteiger partial charge in [-0.2, -0.15) is 0 Å². The molecular formula is C20H21ClN2O2. The van der Waals surface area contributed by atoms with E-state index in [9.17, 15) is 9.59 Å². The normalized spacial score (nSPS) is 17.0. The SMILES string of the molecule is Cc1cccc(CN2CC(C(=O)NCc3ccc(Cl)cc3)CC2=O)c1. The van der Waals surface area contributed by atoms with Crippen molar-refractivity contribution >= 4 is 23.4 Å². The van der Waals surface area contributed by atoms with Crippen molar-refractivity contribution in [3.8, 4) is 0 Å². The number of nitrogens with one attached hydrogen (secondary N) is 1. The molecule has 2 aromatic carbocycles. The van der Waals surface area contributed by atoms with Gasteiger partial charge in [-0.05, 0) is 30.2 Å². The molecule has 1 atom stereocenters. The highest BCUT2D eigenvalue weighted by molar-refractivity contribution is 6.30. The molecule has 2 aromatic rings. The van der Waals surface area contributed by atoms with Gasteiger partial charge in [0.05, 0.1) is 5.92 Å². The lowest BCUT2D eigenvalue weighted by atomic mass is 10.1. The molecule has 25 heavy (non-hydrogen) atoms. The van der Waals surface area contributed by atoms with E-state index in [0.717, 1.165) is 11.1 Å². The van der Waals surface area contributed by atoms with Gasteiger partial charge in [0.2, 0.25) is 11.8 Å². The Bertz CT molecular complexity index is 774. The Kier molecular flexibility index (Phi) is 5.39. The lowest BCUT2D eigenvalue weighted by Gasteiger charge is -2.17. The fourth-order valence-corrected chi connectivity index (χ4v) is 3.19. The highest BCUT2D eigenvalue weighted by atomic mass is 35.5. The summed E-state index contributed by atoms with van der Waals surface area (Å²) < 4.78 is 0. The first-order valence-electron chi connectivity index (χ1n) is 8.37. The predicted octanol–water partition coefficient (Wildman–Crippen LogP) is 3.31. The Morgan fingerprint density at radius 3 is 2.68 bits per heavy atom. The van der Waals surface area contributed by atoms with Gasteiger partial charge >= 0.3 is 0 Å². The second-order valence-electron chi connectivity index (χ2n) is 6.51. The Labute approximate surface area is 152 Å². The van der Waals surface area contributed by atoms with Crippen LogP contribution in [0.2, 0.25) is 5.02 Å². The van der Waals surface area contributed by atoms with E-state index in [2.05, 4.69) is 11.4 Å². The molecule has 2 amide bonds. The molecule has 1 fully saturated rings. The number of halogens is 1. The molecule has 1 aliphatic rings. The van der Waals surface area contributed by atoms with Crippen molar-refractivity contribution in [1.82, 2.24) is 10.2 Å². The average Bonchev–Trinajstić information content (AvgIpc) is 2.95. The summed E-state index contributed by atoms with van der Waals surface area (Å²) in [5, 5.41) is 3.58. The quantitative estimate of drug-likeness (QED) is 0.893. The van der Waals surface area contributed by atoms with Gasteiger partial charge in [0, 0.05) is 31.1 Å². The molecule has 1 unspecified atom stereocenters.